The zero-order chi connectivity index (χ0) is 17.1. The van der Waals surface area contributed by atoms with Crippen LogP contribution in [0.1, 0.15) is 21.7 Å². The highest BCUT2D eigenvalue weighted by Crippen LogP contribution is 2.28. The Morgan fingerprint density at radius 2 is 2.08 bits per heavy atom. The molecule has 0 saturated carbocycles. The minimum Gasteiger partial charge on any atom is -0.454 e. The van der Waals surface area contributed by atoms with E-state index in [2.05, 4.69) is 10.1 Å². The second-order valence-corrected chi connectivity index (χ2v) is 5.84. The van der Waals surface area contributed by atoms with E-state index in [0.717, 1.165) is 11.1 Å². The number of aromatic nitrogens is 2. The van der Waals surface area contributed by atoms with Crippen LogP contribution in [0, 0.1) is 6.92 Å². The molecule has 1 aromatic carbocycles. The second-order valence-electron chi connectivity index (χ2n) is 5.08. The van der Waals surface area contributed by atoms with E-state index >= 15 is 0 Å². The number of nitrogens with zero attached hydrogens (tertiary/aromatic N) is 2. The molecule has 0 amide bonds. The molecule has 0 aliphatic rings. The number of carbonyl (C=O) groups excluding carboxylic acids is 1. The first-order valence-corrected chi connectivity index (χ1v) is 7.80. The van der Waals surface area contributed by atoms with E-state index in [-0.39, 0.29) is 17.3 Å². The van der Waals surface area contributed by atoms with Gasteiger partial charge in [0, 0.05) is 17.8 Å². The standard InChI is InChI=1S/C17H12Cl2N2O3/c1-10-4-5-12(14(18)7-10)15-8-11(24-21-15)9-23-17(22)13-3-2-6-20-16(13)19/h2-8H,9H2,1H3. The lowest BCUT2D eigenvalue weighted by molar-refractivity contribution is 0.0437. The Morgan fingerprint density at radius 3 is 2.83 bits per heavy atom. The van der Waals surface area contributed by atoms with Gasteiger partial charge in [0.25, 0.3) is 0 Å². The number of halogens is 2. The lowest BCUT2D eigenvalue weighted by Gasteiger charge is -2.03. The summed E-state index contributed by atoms with van der Waals surface area (Å²) in [6.45, 7) is 1.88. The maximum Gasteiger partial charge on any atom is 0.341 e. The van der Waals surface area contributed by atoms with Crippen LogP contribution >= 0.6 is 23.2 Å². The lowest BCUT2D eigenvalue weighted by Crippen LogP contribution is -2.06. The van der Waals surface area contributed by atoms with Crippen LogP contribution < -0.4 is 0 Å². The Balaban J connectivity index is 1.70. The third kappa shape index (κ3) is 3.58. The lowest BCUT2D eigenvalue weighted by atomic mass is 10.1. The third-order valence-electron chi connectivity index (χ3n) is 3.28. The van der Waals surface area contributed by atoms with Gasteiger partial charge in [-0.05, 0) is 30.7 Å². The normalized spacial score (nSPS) is 10.6. The Kier molecular flexibility index (Phi) is 4.83. The first-order valence-electron chi connectivity index (χ1n) is 7.04. The van der Waals surface area contributed by atoms with Crippen LogP contribution in [-0.2, 0) is 11.3 Å². The van der Waals surface area contributed by atoms with Gasteiger partial charge in [0.1, 0.15) is 10.8 Å². The van der Waals surface area contributed by atoms with Gasteiger partial charge in [-0.3, -0.25) is 0 Å². The fraction of sp³-hybridized carbons (Fsp3) is 0.118. The van der Waals surface area contributed by atoms with E-state index in [1.54, 1.807) is 12.1 Å². The minimum absolute atomic E-state index is 0.0689. The quantitative estimate of drug-likeness (QED) is 0.496. The number of hydrogen-bond donors (Lipinski definition) is 0. The SMILES string of the molecule is Cc1ccc(-c2cc(COC(=O)c3cccnc3Cl)on2)c(Cl)c1. The summed E-state index contributed by atoms with van der Waals surface area (Å²) < 4.78 is 10.3. The van der Waals surface area contributed by atoms with Gasteiger partial charge in [-0.2, -0.15) is 0 Å². The molecule has 2 aromatic heterocycles. The van der Waals surface area contributed by atoms with Gasteiger partial charge in [0.05, 0.1) is 10.6 Å². The van der Waals surface area contributed by atoms with E-state index in [4.69, 9.17) is 32.5 Å². The van der Waals surface area contributed by atoms with Crippen molar-refractivity contribution >= 4 is 29.2 Å². The van der Waals surface area contributed by atoms with Gasteiger partial charge in [-0.15, -0.1) is 0 Å². The Hall–Kier alpha value is -2.37. The molecule has 0 fully saturated rings. The van der Waals surface area contributed by atoms with Gasteiger partial charge in [-0.1, -0.05) is 40.5 Å². The largest absolute Gasteiger partial charge is 0.454 e. The summed E-state index contributed by atoms with van der Waals surface area (Å²) in [4.78, 5) is 15.8. The van der Waals surface area contributed by atoms with Crippen LogP contribution in [0.2, 0.25) is 10.2 Å². The molecular weight excluding hydrogens is 351 g/mol. The number of benzene rings is 1. The number of rotatable bonds is 4. The van der Waals surface area contributed by atoms with Crippen LogP contribution in [0.5, 0.6) is 0 Å². The molecule has 122 valence electrons. The molecule has 0 aliphatic heterocycles. The summed E-state index contributed by atoms with van der Waals surface area (Å²) in [6, 6.07) is 10.5. The summed E-state index contributed by atoms with van der Waals surface area (Å²) in [6.07, 6.45) is 1.49. The molecule has 0 spiro atoms. The summed E-state index contributed by atoms with van der Waals surface area (Å²) >= 11 is 12.1. The molecular formula is C17H12Cl2N2O3. The Morgan fingerprint density at radius 1 is 1.25 bits per heavy atom. The van der Waals surface area contributed by atoms with Crippen molar-refractivity contribution in [3.05, 3.63) is 69.7 Å². The van der Waals surface area contributed by atoms with Crippen molar-refractivity contribution in [2.75, 3.05) is 0 Å². The molecule has 0 bridgehead atoms. The smallest absolute Gasteiger partial charge is 0.341 e. The first kappa shape index (κ1) is 16.5. The van der Waals surface area contributed by atoms with E-state index < -0.39 is 5.97 Å². The maximum absolute atomic E-state index is 12.0. The van der Waals surface area contributed by atoms with Crippen molar-refractivity contribution in [3.8, 4) is 11.3 Å². The molecule has 0 radical (unpaired) electrons. The van der Waals surface area contributed by atoms with Crippen molar-refractivity contribution in [3.63, 3.8) is 0 Å². The van der Waals surface area contributed by atoms with E-state index in [0.29, 0.717) is 16.5 Å². The van der Waals surface area contributed by atoms with Crippen molar-refractivity contribution in [2.45, 2.75) is 13.5 Å². The second kappa shape index (κ2) is 7.03. The number of esters is 1. The number of carbonyl (C=O) groups is 1. The van der Waals surface area contributed by atoms with Gasteiger partial charge in [0.2, 0.25) is 0 Å². The highest BCUT2D eigenvalue weighted by Gasteiger charge is 2.15. The van der Waals surface area contributed by atoms with Gasteiger partial charge < -0.3 is 9.26 Å². The number of hydrogen-bond acceptors (Lipinski definition) is 5. The molecule has 0 aliphatic carbocycles. The highest BCUT2D eigenvalue weighted by atomic mass is 35.5. The Bertz CT molecular complexity index is 893. The van der Waals surface area contributed by atoms with Crippen LogP contribution in [0.3, 0.4) is 0 Å². The van der Waals surface area contributed by atoms with Crippen molar-refractivity contribution in [2.24, 2.45) is 0 Å². The average molecular weight is 363 g/mol. The molecule has 3 aromatic rings. The summed E-state index contributed by atoms with van der Waals surface area (Å²) in [5.41, 5.74) is 2.57. The van der Waals surface area contributed by atoms with Crippen molar-refractivity contribution in [1.29, 1.82) is 0 Å². The third-order valence-corrected chi connectivity index (χ3v) is 3.90. The minimum atomic E-state index is -0.584. The molecule has 2 heterocycles. The van der Waals surface area contributed by atoms with E-state index in [9.17, 15) is 4.79 Å². The zero-order valence-electron chi connectivity index (χ0n) is 12.6. The molecule has 3 rings (SSSR count). The average Bonchev–Trinajstić information content (AvgIpc) is 3.01. The molecule has 24 heavy (non-hydrogen) atoms. The molecule has 0 unspecified atom stereocenters. The predicted octanol–water partition coefficient (Wildman–Crippen LogP) is 4.71. The van der Waals surface area contributed by atoms with Gasteiger partial charge in [0.15, 0.2) is 12.4 Å². The van der Waals surface area contributed by atoms with Crippen molar-refractivity contribution in [1.82, 2.24) is 10.1 Å². The van der Waals surface area contributed by atoms with Gasteiger partial charge in [-0.25, -0.2) is 9.78 Å². The fourth-order valence-electron chi connectivity index (χ4n) is 2.09. The summed E-state index contributed by atoms with van der Waals surface area (Å²) in [5, 5.41) is 4.62. The van der Waals surface area contributed by atoms with Crippen LogP contribution in [0.25, 0.3) is 11.3 Å². The Labute approximate surface area is 148 Å². The van der Waals surface area contributed by atoms with Crippen LogP contribution in [0.15, 0.2) is 47.1 Å². The molecule has 0 N–H and O–H groups in total. The fourth-order valence-corrected chi connectivity index (χ4v) is 2.62. The molecule has 0 saturated heterocycles. The van der Waals surface area contributed by atoms with Gasteiger partial charge >= 0.3 is 5.97 Å². The summed E-state index contributed by atoms with van der Waals surface area (Å²) in [5.74, 6) is -0.186. The molecule has 0 atom stereocenters. The first-order chi connectivity index (χ1) is 11.5. The summed E-state index contributed by atoms with van der Waals surface area (Å²) in [7, 11) is 0. The van der Waals surface area contributed by atoms with Crippen LogP contribution in [0.4, 0.5) is 0 Å². The highest BCUT2D eigenvalue weighted by molar-refractivity contribution is 6.33. The zero-order valence-corrected chi connectivity index (χ0v) is 14.1. The number of pyridine rings is 1. The monoisotopic (exact) mass is 362 g/mol. The number of ether oxygens (including phenoxy) is 1. The predicted molar refractivity (Wildman–Crippen MR) is 90.1 cm³/mol. The molecule has 5 nitrogen and oxygen atoms in total. The number of aryl methyl sites for hydroxylation is 1. The molecule has 7 heteroatoms. The van der Waals surface area contributed by atoms with E-state index in [1.165, 1.54) is 12.3 Å². The topological polar surface area (TPSA) is 65.2 Å². The van der Waals surface area contributed by atoms with E-state index in [1.807, 2.05) is 25.1 Å². The maximum atomic E-state index is 12.0. The van der Waals surface area contributed by atoms with Crippen LogP contribution in [-0.4, -0.2) is 16.1 Å². The van der Waals surface area contributed by atoms with Crippen molar-refractivity contribution < 1.29 is 14.1 Å².